The van der Waals surface area contributed by atoms with E-state index in [4.69, 9.17) is 9.47 Å². The van der Waals surface area contributed by atoms with Crippen LogP contribution in [0.15, 0.2) is 42.5 Å². The van der Waals surface area contributed by atoms with Gasteiger partial charge in [0.2, 0.25) is 5.88 Å². The van der Waals surface area contributed by atoms with Crippen LogP contribution in [0.5, 0.6) is 11.6 Å². The van der Waals surface area contributed by atoms with Gasteiger partial charge in [0.25, 0.3) is 0 Å². The molecular weight excluding hydrogens is 326 g/mol. The summed E-state index contributed by atoms with van der Waals surface area (Å²) >= 11 is 0. The minimum absolute atomic E-state index is 0.622. The highest BCUT2D eigenvalue weighted by Gasteiger charge is 2.10. The van der Waals surface area contributed by atoms with Gasteiger partial charge in [0.15, 0.2) is 0 Å². The molecule has 3 rings (SSSR count). The second-order valence-corrected chi connectivity index (χ2v) is 6.68. The van der Waals surface area contributed by atoms with E-state index < -0.39 is 0 Å². The van der Waals surface area contributed by atoms with E-state index in [-0.39, 0.29) is 0 Å². The van der Waals surface area contributed by atoms with E-state index in [1.54, 1.807) is 7.11 Å². The van der Waals surface area contributed by atoms with Crippen LogP contribution in [-0.4, -0.2) is 43.2 Å². The van der Waals surface area contributed by atoms with Crippen LogP contribution >= 0.6 is 0 Å². The smallest absolute Gasteiger partial charge is 0.214 e. The molecular formula is C21H29N3O2. The number of rotatable bonds is 9. The number of hydrogen-bond donors (Lipinski definition) is 1. The van der Waals surface area contributed by atoms with Crippen LogP contribution in [0.2, 0.25) is 0 Å². The highest BCUT2D eigenvalue weighted by Crippen LogP contribution is 2.18. The predicted molar refractivity (Wildman–Crippen MR) is 105 cm³/mol. The van der Waals surface area contributed by atoms with E-state index in [1.807, 2.05) is 24.3 Å². The first-order valence-electron chi connectivity index (χ1n) is 9.52. The van der Waals surface area contributed by atoms with Crippen molar-refractivity contribution in [1.29, 1.82) is 0 Å². The molecule has 5 heteroatoms. The third-order valence-electron chi connectivity index (χ3n) is 4.58. The fourth-order valence-corrected chi connectivity index (χ4v) is 3.21. The first-order chi connectivity index (χ1) is 12.8. The number of piperidine rings is 1. The van der Waals surface area contributed by atoms with E-state index in [1.165, 1.54) is 37.9 Å². The summed E-state index contributed by atoms with van der Waals surface area (Å²) in [6.45, 7) is 4.96. The van der Waals surface area contributed by atoms with Crippen LogP contribution in [0.3, 0.4) is 0 Å². The second kappa shape index (κ2) is 10.0. The Morgan fingerprint density at radius 1 is 1.08 bits per heavy atom. The molecule has 0 atom stereocenters. The fourth-order valence-electron chi connectivity index (χ4n) is 3.21. The molecule has 0 unspecified atom stereocenters. The van der Waals surface area contributed by atoms with Crippen LogP contribution in [-0.2, 0) is 6.54 Å². The molecule has 0 aliphatic carbocycles. The van der Waals surface area contributed by atoms with Crippen LogP contribution in [0.4, 0.5) is 5.82 Å². The molecule has 1 aromatic carbocycles. The summed E-state index contributed by atoms with van der Waals surface area (Å²) in [5, 5.41) is 3.29. The molecule has 0 bridgehead atoms. The number of methoxy groups -OCH3 is 1. The number of ether oxygens (including phenoxy) is 2. The van der Waals surface area contributed by atoms with Gasteiger partial charge < -0.3 is 14.8 Å². The third kappa shape index (κ3) is 5.92. The van der Waals surface area contributed by atoms with Crippen molar-refractivity contribution in [2.45, 2.75) is 32.2 Å². The molecule has 0 spiro atoms. The van der Waals surface area contributed by atoms with Crippen molar-refractivity contribution in [2.24, 2.45) is 0 Å². The second-order valence-electron chi connectivity index (χ2n) is 6.68. The van der Waals surface area contributed by atoms with Gasteiger partial charge in [-0.2, -0.15) is 4.98 Å². The van der Waals surface area contributed by atoms with E-state index in [2.05, 4.69) is 33.4 Å². The fraction of sp³-hybridized carbons (Fsp3) is 0.476. The number of aromatic nitrogens is 1. The Morgan fingerprint density at radius 3 is 2.77 bits per heavy atom. The Morgan fingerprint density at radius 2 is 1.92 bits per heavy atom. The maximum atomic E-state index is 5.92. The lowest BCUT2D eigenvalue weighted by atomic mass is 10.1. The molecule has 140 valence electrons. The van der Waals surface area contributed by atoms with Gasteiger partial charge in [-0.1, -0.05) is 24.6 Å². The number of likely N-dealkylation sites (tertiary alicyclic amines) is 1. The highest BCUT2D eigenvalue weighted by atomic mass is 16.5. The normalized spacial score (nSPS) is 14.8. The molecule has 1 fully saturated rings. The molecule has 0 radical (unpaired) electrons. The topological polar surface area (TPSA) is 46.6 Å². The van der Waals surface area contributed by atoms with Crippen molar-refractivity contribution in [3.8, 4) is 11.6 Å². The standard InChI is InChI=1S/C21H29N3O2/c1-25-21-11-6-10-20(23-21)22-12-7-15-26-19-9-5-8-18(16-19)17-24-13-3-2-4-14-24/h5-6,8-11,16H,2-4,7,12-15,17H2,1H3,(H,22,23). The van der Waals surface area contributed by atoms with Crippen LogP contribution < -0.4 is 14.8 Å². The summed E-state index contributed by atoms with van der Waals surface area (Å²) < 4.78 is 11.0. The van der Waals surface area contributed by atoms with Gasteiger partial charge in [0.1, 0.15) is 11.6 Å². The molecule has 2 aromatic rings. The quantitative estimate of drug-likeness (QED) is 0.690. The molecule has 2 heterocycles. The maximum Gasteiger partial charge on any atom is 0.214 e. The van der Waals surface area contributed by atoms with Crippen LogP contribution in [0, 0.1) is 0 Å². The summed E-state index contributed by atoms with van der Waals surface area (Å²) in [6.07, 6.45) is 4.94. The zero-order valence-corrected chi connectivity index (χ0v) is 15.6. The Hall–Kier alpha value is -2.27. The number of anilines is 1. The lowest BCUT2D eigenvalue weighted by Crippen LogP contribution is -2.29. The Balaban J connectivity index is 1.38. The van der Waals surface area contributed by atoms with Gasteiger partial charge in [-0.15, -0.1) is 0 Å². The number of hydrogen-bond acceptors (Lipinski definition) is 5. The van der Waals surface area contributed by atoms with Crippen molar-refractivity contribution in [3.05, 3.63) is 48.0 Å². The van der Waals surface area contributed by atoms with Crippen LogP contribution in [0.25, 0.3) is 0 Å². The lowest BCUT2D eigenvalue weighted by Gasteiger charge is -2.26. The van der Waals surface area contributed by atoms with Crippen molar-refractivity contribution < 1.29 is 9.47 Å². The molecule has 1 N–H and O–H groups in total. The van der Waals surface area contributed by atoms with Crippen molar-refractivity contribution >= 4 is 5.82 Å². The molecule has 1 aromatic heterocycles. The summed E-state index contributed by atoms with van der Waals surface area (Å²) in [5.41, 5.74) is 1.34. The molecule has 26 heavy (non-hydrogen) atoms. The minimum atomic E-state index is 0.622. The van der Waals surface area contributed by atoms with E-state index >= 15 is 0 Å². The van der Waals surface area contributed by atoms with Crippen molar-refractivity contribution in [3.63, 3.8) is 0 Å². The SMILES string of the molecule is COc1cccc(NCCCOc2cccc(CN3CCCCC3)c2)n1. The van der Waals surface area contributed by atoms with E-state index in [9.17, 15) is 0 Å². The van der Waals surface area contributed by atoms with E-state index in [0.29, 0.717) is 12.5 Å². The van der Waals surface area contributed by atoms with Crippen LogP contribution in [0.1, 0.15) is 31.2 Å². The molecule has 0 saturated carbocycles. The number of nitrogens with zero attached hydrogens (tertiary/aromatic N) is 2. The average Bonchev–Trinajstić information content (AvgIpc) is 2.69. The van der Waals surface area contributed by atoms with Gasteiger partial charge in [-0.25, -0.2) is 0 Å². The lowest BCUT2D eigenvalue weighted by molar-refractivity contribution is 0.220. The molecule has 1 saturated heterocycles. The first-order valence-corrected chi connectivity index (χ1v) is 9.52. The monoisotopic (exact) mass is 355 g/mol. The Kier molecular flexibility index (Phi) is 7.14. The summed E-state index contributed by atoms with van der Waals surface area (Å²) in [4.78, 5) is 6.87. The summed E-state index contributed by atoms with van der Waals surface area (Å²) in [7, 11) is 1.62. The van der Waals surface area contributed by atoms with E-state index in [0.717, 1.165) is 31.1 Å². The average molecular weight is 355 g/mol. The van der Waals surface area contributed by atoms with Crippen molar-refractivity contribution in [1.82, 2.24) is 9.88 Å². The molecule has 1 aliphatic heterocycles. The number of nitrogens with one attached hydrogen (secondary N) is 1. The van der Waals surface area contributed by atoms with Gasteiger partial charge >= 0.3 is 0 Å². The minimum Gasteiger partial charge on any atom is -0.494 e. The van der Waals surface area contributed by atoms with Gasteiger partial charge in [0.05, 0.1) is 13.7 Å². The zero-order chi connectivity index (χ0) is 18.0. The van der Waals surface area contributed by atoms with Gasteiger partial charge in [-0.3, -0.25) is 4.90 Å². The molecule has 0 amide bonds. The van der Waals surface area contributed by atoms with Gasteiger partial charge in [0, 0.05) is 19.2 Å². The third-order valence-corrected chi connectivity index (χ3v) is 4.58. The predicted octanol–water partition coefficient (Wildman–Crippen LogP) is 3.96. The molecule has 1 aliphatic rings. The Labute approximate surface area is 156 Å². The zero-order valence-electron chi connectivity index (χ0n) is 15.6. The number of benzene rings is 1. The largest absolute Gasteiger partial charge is 0.494 e. The summed E-state index contributed by atoms with van der Waals surface area (Å²) in [5.74, 6) is 2.41. The van der Waals surface area contributed by atoms with Gasteiger partial charge in [-0.05, 0) is 56.1 Å². The Bertz CT molecular complexity index is 672. The maximum absolute atomic E-state index is 5.92. The highest BCUT2D eigenvalue weighted by molar-refractivity contribution is 5.36. The number of pyridine rings is 1. The first kappa shape index (κ1) is 18.5. The van der Waals surface area contributed by atoms with Crippen molar-refractivity contribution in [2.75, 3.05) is 38.7 Å². The molecule has 5 nitrogen and oxygen atoms in total. The summed E-state index contributed by atoms with van der Waals surface area (Å²) in [6, 6.07) is 14.2.